The molecule has 9 rings (SSSR count). The van der Waals surface area contributed by atoms with Crippen LogP contribution in [0.5, 0.6) is 0 Å². The van der Waals surface area contributed by atoms with E-state index in [2.05, 4.69) is 0 Å². The van der Waals surface area contributed by atoms with Gasteiger partial charge in [-0.05, 0) is 46.5 Å². The summed E-state index contributed by atoms with van der Waals surface area (Å²) in [6.07, 6.45) is 0. The van der Waals surface area contributed by atoms with E-state index in [1.54, 1.807) is 48.5 Å². The lowest BCUT2D eigenvalue weighted by molar-refractivity contribution is 1.06. The van der Waals surface area contributed by atoms with Gasteiger partial charge in [-0.2, -0.15) is 0 Å². The number of rotatable bonds is 6. The second kappa shape index (κ2) is 12.2. The van der Waals surface area contributed by atoms with Crippen molar-refractivity contribution in [3.8, 4) is 62.1 Å². The van der Waals surface area contributed by atoms with Crippen molar-refractivity contribution >= 4 is 21.8 Å². The number of fused-ring (bicyclic) bond motifs is 3. The van der Waals surface area contributed by atoms with Gasteiger partial charge in [0.2, 0.25) is 0 Å². The highest BCUT2D eigenvalue weighted by Crippen LogP contribution is 2.40. The van der Waals surface area contributed by atoms with E-state index in [0.29, 0.717) is 11.1 Å². The first-order chi connectivity index (χ1) is 31.4. The Morgan fingerprint density at radius 2 is 0.878 bits per heavy atom. The zero-order chi connectivity index (χ0) is 47.4. The van der Waals surface area contributed by atoms with Crippen molar-refractivity contribution in [2.45, 2.75) is 0 Å². The van der Waals surface area contributed by atoms with E-state index in [1.807, 2.05) is 12.1 Å². The number of hydrogen-bond acceptors (Lipinski definition) is 3. The van der Waals surface area contributed by atoms with E-state index in [0.717, 1.165) is 0 Å². The lowest BCUT2D eigenvalue weighted by atomic mass is 9.93. The van der Waals surface area contributed by atoms with Crippen molar-refractivity contribution in [3.05, 3.63) is 182 Å². The third-order valence-corrected chi connectivity index (χ3v) is 7.94. The summed E-state index contributed by atoms with van der Waals surface area (Å²) in [4.78, 5) is 14.5. The molecule has 9 aromatic rings. The molecule has 0 saturated heterocycles. The minimum Gasteiger partial charge on any atom is -0.308 e. The van der Waals surface area contributed by atoms with E-state index < -0.39 is 114 Å². The van der Waals surface area contributed by atoms with Crippen molar-refractivity contribution in [1.29, 1.82) is 0 Å². The van der Waals surface area contributed by atoms with E-state index in [9.17, 15) is 4.11 Å². The Morgan fingerprint density at radius 1 is 0.388 bits per heavy atom. The van der Waals surface area contributed by atoms with Crippen LogP contribution in [0.1, 0.15) is 23.3 Å². The molecule has 0 atom stereocenters. The zero-order valence-corrected chi connectivity index (χ0v) is 25.3. The molecule has 0 saturated carbocycles. The summed E-state index contributed by atoms with van der Waals surface area (Å²) < 4.78 is 151. The first-order valence-corrected chi connectivity index (χ1v) is 15.1. The molecule has 0 radical (unpaired) electrons. The molecule has 0 aliphatic carbocycles. The molecule has 2 heterocycles. The average Bonchev–Trinajstić information content (AvgIpc) is 3.70. The summed E-state index contributed by atoms with van der Waals surface area (Å²) in [5, 5.41) is -0.488. The van der Waals surface area contributed by atoms with E-state index in [1.165, 1.54) is 22.8 Å². The lowest BCUT2D eigenvalue weighted by Crippen LogP contribution is -2.04. The number of aromatic nitrogens is 4. The number of hydrogen-bond donors (Lipinski definition) is 0. The van der Waals surface area contributed by atoms with Gasteiger partial charge in [0.25, 0.3) is 0 Å². The third-order valence-electron chi connectivity index (χ3n) is 7.94. The fourth-order valence-corrected chi connectivity index (χ4v) is 5.74. The van der Waals surface area contributed by atoms with Crippen molar-refractivity contribution in [2.24, 2.45) is 0 Å². The monoisotopic (exact) mass is 643 g/mol. The Labute approximate surface area is 308 Å². The summed E-state index contributed by atoms with van der Waals surface area (Å²) in [6, 6.07) is 10.3. The summed E-state index contributed by atoms with van der Waals surface area (Å²) >= 11 is 0. The molecule has 2 aromatic heterocycles. The Balaban J connectivity index is 1.51. The Bertz CT molecular complexity index is 3400. The smallest absolute Gasteiger partial charge is 0.166 e. The van der Waals surface area contributed by atoms with Crippen LogP contribution < -0.4 is 0 Å². The summed E-state index contributed by atoms with van der Waals surface area (Å²) in [5.74, 6) is 0.393. The molecule has 0 amide bonds. The standard InChI is InChI=1S/C45H30N4/c1-4-16-31(17-5-1)35-22-10-11-23-36(35)34-28-29-39(42(30-34)49-40-26-14-12-24-37(40)38-25-13-15-27-41(38)49)45-47-43(32-18-6-2-7-19-32)46-44(48-45)33-20-8-3-9-21-33/h1-30H/i1D,4D,5D,10D,11D,12D,13D,14D,15D,16D,17D,22D,23D,24D,25D,26D,27D. The summed E-state index contributed by atoms with van der Waals surface area (Å²) in [7, 11) is 0. The molecule has 0 bridgehead atoms. The molecular weight excluding hydrogens is 597 g/mol. The van der Waals surface area contributed by atoms with Crippen LogP contribution in [0.4, 0.5) is 0 Å². The van der Waals surface area contributed by atoms with Crippen molar-refractivity contribution in [3.63, 3.8) is 0 Å². The minimum atomic E-state index is -0.760. The van der Waals surface area contributed by atoms with Gasteiger partial charge < -0.3 is 4.57 Å². The second-order valence-corrected chi connectivity index (χ2v) is 10.8. The predicted octanol–water partition coefficient (Wildman–Crippen LogP) is 11.3. The highest BCUT2D eigenvalue weighted by molar-refractivity contribution is 6.09. The van der Waals surface area contributed by atoms with E-state index >= 15 is 0 Å². The average molecular weight is 644 g/mol. The Hall–Kier alpha value is -6.65. The number of para-hydroxylation sites is 2. The van der Waals surface area contributed by atoms with Crippen LogP contribution in [-0.4, -0.2) is 19.5 Å². The highest BCUT2D eigenvalue weighted by atomic mass is 15.1. The van der Waals surface area contributed by atoms with Gasteiger partial charge in [0, 0.05) is 27.5 Å². The maximum absolute atomic E-state index is 9.29. The summed E-state index contributed by atoms with van der Waals surface area (Å²) in [5.41, 5.74) is -0.717. The second-order valence-electron chi connectivity index (χ2n) is 10.8. The topological polar surface area (TPSA) is 43.6 Å². The molecule has 0 N–H and O–H groups in total. The third kappa shape index (κ3) is 5.16. The zero-order valence-electron chi connectivity index (χ0n) is 42.3. The predicted molar refractivity (Wildman–Crippen MR) is 201 cm³/mol. The number of nitrogens with zero attached hydrogens (tertiary/aromatic N) is 4. The van der Waals surface area contributed by atoms with E-state index in [-0.39, 0.29) is 61.7 Å². The first-order valence-electron chi connectivity index (χ1n) is 23.6. The van der Waals surface area contributed by atoms with Gasteiger partial charge in [0.05, 0.1) is 40.0 Å². The number of benzene rings is 7. The highest BCUT2D eigenvalue weighted by Gasteiger charge is 2.20. The molecule has 4 nitrogen and oxygen atoms in total. The van der Waals surface area contributed by atoms with Crippen LogP contribution in [0, 0.1) is 0 Å². The molecule has 49 heavy (non-hydrogen) atoms. The molecule has 7 aromatic carbocycles. The molecule has 230 valence electrons. The van der Waals surface area contributed by atoms with Gasteiger partial charge >= 0.3 is 0 Å². The van der Waals surface area contributed by atoms with Gasteiger partial charge in [-0.25, -0.2) is 15.0 Å². The molecule has 4 heteroatoms. The van der Waals surface area contributed by atoms with Crippen LogP contribution in [0.15, 0.2) is 182 Å². The van der Waals surface area contributed by atoms with Crippen LogP contribution in [0.3, 0.4) is 0 Å². The van der Waals surface area contributed by atoms with Crippen LogP contribution >= 0.6 is 0 Å². The van der Waals surface area contributed by atoms with Crippen LogP contribution in [-0.2, 0) is 0 Å². The van der Waals surface area contributed by atoms with Gasteiger partial charge in [0.1, 0.15) is 0 Å². The molecule has 0 aliphatic heterocycles. The maximum atomic E-state index is 9.29. The molecular formula is C45H30N4. The summed E-state index contributed by atoms with van der Waals surface area (Å²) in [6.45, 7) is 0. The Kier molecular flexibility index (Phi) is 3.97. The Morgan fingerprint density at radius 3 is 1.47 bits per heavy atom. The van der Waals surface area contributed by atoms with Crippen LogP contribution in [0.25, 0.3) is 83.9 Å². The fraction of sp³-hybridized carbons (Fsp3) is 0. The fourth-order valence-electron chi connectivity index (χ4n) is 5.74. The SMILES string of the molecule is [2H]c1c([2H])c([2H])c(-c2c([2H])c([2H])c([2H])c([2H])c2-c2ccc(-c3nc(-c4ccccc4)nc(-c4ccccc4)n3)c(-n3c4c([2H])c([2H])c([2H])c([2H])c4c4c([2H])c([2H])c([2H])c([2H])c43)c2)c([2H])c1[2H]. The van der Waals surface area contributed by atoms with E-state index in [4.69, 9.17) is 34.1 Å². The van der Waals surface area contributed by atoms with Crippen molar-refractivity contribution in [2.75, 3.05) is 0 Å². The largest absolute Gasteiger partial charge is 0.308 e. The van der Waals surface area contributed by atoms with Gasteiger partial charge in [-0.1, -0.05) is 157 Å². The quantitative estimate of drug-likeness (QED) is 0.181. The van der Waals surface area contributed by atoms with Gasteiger partial charge in [0.15, 0.2) is 17.5 Å². The van der Waals surface area contributed by atoms with Crippen LogP contribution in [0.2, 0.25) is 0 Å². The van der Waals surface area contributed by atoms with Gasteiger partial charge in [-0.3, -0.25) is 0 Å². The van der Waals surface area contributed by atoms with Gasteiger partial charge in [-0.15, -0.1) is 0 Å². The first kappa shape index (κ1) is 16.0. The van der Waals surface area contributed by atoms with Crippen molar-refractivity contribution in [1.82, 2.24) is 19.5 Å². The molecule has 0 unspecified atom stereocenters. The minimum absolute atomic E-state index is 0.0262. The molecule has 0 spiro atoms. The lowest BCUT2D eigenvalue weighted by Gasteiger charge is -2.17. The maximum Gasteiger partial charge on any atom is 0.166 e. The normalized spacial score (nSPS) is 16.1. The van der Waals surface area contributed by atoms with Crippen molar-refractivity contribution < 1.29 is 23.3 Å². The molecule has 0 fully saturated rings. The molecule has 0 aliphatic rings.